The number of carbonyl (C=O) groups excluding carboxylic acids is 1. The van der Waals surface area contributed by atoms with Gasteiger partial charge in [0.25, 0.3) is 0 Å². The van der Waals surface area contributed by atoms with Crippen molar-refractivity contribution in [2.75, 3.05) is 56.7 Å². The largest absolute Gasteiger partial charge is 0.496 e. The molecule has 34 heavy (non-hydrogen) atoms. The highest BCUT2D eigenvalue weighted by atomic mass is 32.2. The number of carbonyl (C=O) groups is 1. The number of rotatable bonds is 12. The van der Waals surface area contributed by atoms with Gasteiger partial charge in [0.2, 0.25) is 11.7 Å². The molecule has 1 fully saturated rings. The number of nitrogens with one attached hydrogen (secondary N) is 2. The van der Waals surface area contributed by atoms with Crippen molar-refractivity contribution in [3.63, 3.8) is 0 Å². The number of piperidine rings is 1. The Morgan fingerprint density at radius 2 is 2.09 bits per heavy atom. The number of aromatic nitrogens is 2. The van der Waals surface area contributed by atoms with E-state index in [0.29, 0.717) is 6.54 Å². The molecule has 1 aliphatic heterocycles. The van der Waals surface area contributed by atoms with Gasteiger partial charge < -0.3 is 26.2 Å². The van der Waals surface area contributed by atoms with E-state index in [1.165, 1.54) is 19.4 Å². The maximum Gasteiger partial charge on any atom is 0.224 e. The number of hydrogen-bond donors (Lipinski definition) is 4. The van der Waals surface area contributed by atoms with E-state index in [4.69, 9.17) is 15.6 Å². The van der Waals surface area contributed by atoms with E-state index in [1.54, 1.807) is 0 Å². The summed E-state index contributed by atoms with van der Waals surface area (Å²) < 4.78 is 35.3. The third-order valence-corrected chi connectivity index (χ3v) is 6.62. The van der Waals surface area contributed by atoms with Gasteiger partial charge in [-0.1, -0.05) is 11.9 Å². The molecule has 0 bridgehead atoms. The molecular weight excluding hydrogens is 466 g/mol. The van der Waals surface area contributed by atoms with Crippen molar-refractivity contribution in [1.82, 2.24) is 19.6 Å². The molecule has 1 saturated heterocycles. The van der Waals surface area contributed by atoms with Gasteiger partial charge in [-0.2, -0.15) is 4.98 Å². The number of hydrogen-bond acceptors (Lipinski definition) is 10. The van der Waals surface area contributed by atoms with Crippen molar-refractivity contribution in [2.45, 2.75) is 25.3 Å². The van der Waals surface area contributed by atoms with E-state index in [0.717, 1.165) is 50.7 Å². The van der Waals surface area contributed by atoms with E-state index in [1.807, 2.05) is 11.9 Å². The van der Waals surface area contributed by atoms with Gasteiger partial charge in [-0.05, 0) is 37.9 Å². The lowest BCUT2D eigenvalue weighted by Gasteiger charge is -2.31. The average molecular weight is 497 g/mol. The minimum Gasteiger partial charge on any atom is -0.496 e. The monoisotopic (exact) mass is 496 g/mol. The number of methoxy groups -OCH3 is 1. The highest BCUT2D eigenvalue weighted by molar-refractivity contribution is 7.97. The maximum atomic E-state index is 14.3. The van der Waals surface area contributed by atoms with Gasteiger partial charge in [0.1, 0.15) is 17.1 Å². The number of ether oxygens (including phenoxy) is 1. The maximum absolute atomic E-state index is 14.3. The topological polar surface area (TPSA) is 126 Å². The third kappa shape index (κ3) is 6.75. The van der Waals surface area contributed by atoms with Crippen LogP contribution in [0.15, 0.2) is 18.3 Å². The molecule has 2 aromatic rings. The molecule has 1 aromatic carbocycles. The minimum absolute atomic E-state index is 0.100. The first kappa shape index (κ1) is 26.1. The Bertz CT molecular complexity index is 976. The van der Waals surface area contributed by atoms with Crippen molar-refractivity contribution in [3.8, 4) is 5.75 Å². The molecule has 0 aliphatic carbocycles. The Kier molecular flexibility index (Phi) is 9.81. The van der Waals surface area contributed by atoms with Gasteiger partial charge in [0.15, 0.2) is 11.6 Å². The van der Waals surface area contributed by atoms with Gasteiger partial charge in [0, 0.05) is 37.6 Å². The van der Waals surface area contributed by atoms with Crippen LogP contribution in [-0.4, -0.2) is 76.9 Å². The normalized spacial score (nSPS) is 14.8. The van der Waals surface area contributed by atoms with Crippen molar-refractivity contribution in [1.29, 1.82) is 0 Å². The van der Waals surface area contributed by atoms with E-state index >= 15 is 0 Å². The Morgan fingerprint density at radius 1 is 1.32 bits per heavy atom. The summed E-state index contributed by atoms with van der Waals surface area (Å²) in [6, 6.07) is 2.22. The lowest BCUT2D eigenvalue weighted by molar-refractivity contribution is 0.103. The molecule has 0 saturated carbocycles. The summed E-state index contributed by atoms with van der Waals surface area (Å²) in [7, 11) is 1.26. The number of anilines is 2. The molecule has 2 heterocycles. The first-order valence-electron chi connectivity index (χ1n) is 11.1. The predicted octanol–water partition coefficient (Wildman–Crippen LogP) is 2.07. The zero-order valence-corrected chi connectivity index (χ0v) is 19.8. The average Bonchev–Trinajstić information content (AvgIpc) is 2.83. The molecule has 1 aromatic heterocycles. The lowest BCUT2D eigenvalue weighted by Crippen LogP contribution is -2.36. The lowest BCUT2D eigenvalue weighted by atomic mass is 10.0. The fourth-order valence-electron chi connectivity index (χ4n) is 3.60. The van der Waals surface area contributed by atoms with Crippen LogP contribution in [0.3, 0.4) is 0 Å². The second-order valence-corrected chi connectivity index (χ2v) is 8.95. The van der Waals surface area contributed by atoms with E-state index in [-0.39, 0.29) is 35.7 Å². The first-order chi connectivity index (χ1) is 16.4. The predicted molar refractivity (Wildman–Crippen MR) is 128 cm³/mol. The molecular formula is C22H30F2N6O3S. The molecule has 0 radical (unpaired) electrons. The fraction of sp³-hybridized carbons (Fsp3) is 0.500. The van der Waals surface area contributed by atoms with Gasteiger partial charge >= 0.3 is 0 Å². The summed E-state index contributed by atoms with van der Waals surface area (Å²) in [5.41, 5.74) is 5.29. The SMILES string of the molecule is COc1ccc(F)c(F)c1C(=O)c1cnc(NC2CCN(SCCCNCCO)CC2)nc1N. The highest BCUT2D eigenvalue weighted by Crippen LogP contribution is 2.28. The summed E-state index contributed by atoms with van der Waals surface area (Å²) in [5.74, 6) is -2.26. The van der Waals surface area contributed by atoms with Crippen LogP contribution in [-0.2, 0) is 0 Å². The Balaban J connectivity index is 1.54. The number of aliphatic hydroxyl groups excluding tert-OH is 1. The number of aliphatic hydroxyl groups is 1. The molecule has 0 atom stereocenters. The van der Waals surface area contributed by atoms with Crippen LogP contribution in [0.4, 0.5) is 20.5 Å². The number of nitrogen functional groups attached to an aromatic ring is 1. The molecule has 0 spiro atoms. The molecule has 1 aliphatic rings. The number of halogens is 2. The van der Waals surface area contributed by atoms with Crippen LogP contribution >= 0.6 is 11.9 Å². The van der Waals surface area contributed by atoms with Gasteiger partial charge in [-0.15, -0.1) is 0 Å². The van der Waals surface area contributed by atoms with Crippen molar-refractivity contribution >= 4 is 29.5 Å². The quantitative estimate of drug-likeness (QED) is 0.197. The number of benzene rings is 1. The first-order valence-corrected chi connectivity index (χ1v) is 12.0. The number of ketones is 1. The van der Waals surface area contributed by atoms with Gasteiger partial charge in [-0.25, -0.2) is 13.8 Å². The Hall–Kier alpha value is -2.54. The van der Waals surface area contributed by atoms with Crippen LogP contribution in [0.2, 0.25) is 0 Å². The van der Waals surface area contributed by atoms with E-state index in [9.17, 15) is 13.6 Å². The van der Waals surface area contributed by atoms with Crippen LogP contribution in [0.5, 0.6) is 5.75 Å². The van der Waals surface area contributed by atoms with E-state index in [2.05, 4.69) is 24.9 Å². The van der Waals surface area contributed by atoms with Crippen LogP contribution in [0.1, 0.15) is 35.2 Å². The molecule has 9 nitrogen and oxygen atoms in total. The zero-order valence-electron chi connectivity index (χ0n) is 19.0. The summed E-state index contributed by atoms with van der Waals surface area (Å²) in [4.78, 5) is 21.2. The standard InChI is InChI=1S/C22H30F2N6O3S/c1-33-17-4-3-16(23)19(24)18(17)20(32)15-13-27-22(29-21(15)25)28-14-5-9-30(10-6-14)34-12-2-7-26-8-11-31/h3-4,13-14,26,31H,2,5-12H2,1H3,(H3,25,27,28,29). The minimum atomic E-state index is -1.31. The Labute approximate surface area is 201 Å². The second-order valence-electron chi connectivity index (χ2n) is 7.77. The summed E-state index contributed by atoms with van der Waals surface area (Å²) in [6.45, 7) is 3.50. The third-order valence-electron chi connectivity index (χ3n) is 5.41. The van der Waals surface area contributed by atoms with Gasteiger partial charge in [0.05, 0.1) is 19.3 Å². The van der Waals surface area contributed by atoms with Crippen molar-refractivity contribution < 1.29 is 23.4 Å². The Morgan fingerprint density at radius 3 is 2.76 bits per heavy atom. The summed E-state index contributed by atoms with van der Waals surface area (Å²) >= 11 is 1.82. The van der Waals surface area contributed by atoms with Crippen LogP contribution < -0.4 is 21.1 Å². The van der Waals surface area contributed by atoms with Crippen LogP contribution in [0, 0.1) is 11.6 Å². The second kappa shape index (κ2) is 12.8. The van der Waals surface area contributed by atoms with Crippen molar-refractivity contribution in [2.24, 2.45) is 0 Å². The van der Waals surface area contributed by atoms with Crippen molar-refractivity contribution in [3.05, 3.63) is 41.1 Å². The molecule has 3 rings (SSSR count). The molecule has 0 unspecified atom stereocenters. The highest BCUT2D eigenvalue weighted by Gasteiger charge is 2.26. The fourth-order valence-corrected chi connectivity index (χ4v) is 4.60. The number of nitrogens with zero attached hydrogens (tertiary/aromatic N) is 3. The molecule has 186 valence electrons. The van der Waals surface area contributed by atoms with Crippen LogP contribution in [0.25, 0.3) is 0 Å². The molecule has 5 N–H and O–H groups in total. The number of nitrogens with two attached hydrogens (primary N) is 1. The van der Waals surface area contributed by atoms with E-state index < -0.39 is 23.0 Å². The molecule has 0 amide bonds. The van der Waals surface area contributed by atoms with Gasteiger partial charge in [-0.3, -0.25) is 9.10 Å². The zero-order chi connectivity index (χ0) is 24.5. The smallest absolute Gasteiger partial charge is 0.224 e. The summed E-state index contributed by atoms with van der Waals surface area (Å²) in [6.07, 6.45) is 4.04. The molecule has 12 heteroatoms. The summed E-state index contributed by atoms with van der Waals surface area (Å²) in [5, 5.41) is 15.2.